The first kappa shape index (κ1) is 15.2. The molecular formula is C14H19BrFNO. The molecule has 0 saturated carbocycles. The van der Waals surface area contributed by atoms with E-state index in [0.717, 1.165) is 30.3 Å². The Bertz CT molecular complexity index is 353. The molecule has 0 unspecified atom stereocenters. The van der Waals surface area contributed by atoms with E-state index in [1.54, 1.807) is 12.1 Å². The lowest BCUT2D eigenvalue weighted by atomic mass is 10.1. The lowest BCUT2D eigenvalue weighted by Gasteiger charge is -2.05. The molecule has 18 heavy (non-hydrogen) atoms. The monoisotopic (exact) mass is 315 g/mol. The fourth-order valence-corrected chi connectivity index (χ4v) is 2.05. The van der Waals surface area contributed by atoms with E-state index in [2.05, 4.69) is 21.2 Å². The molecule has 0 aliphatic carbocycles. The number of benzene rings is 1. The molecule has 1 aromatic rings. The highest BCUT2D eigenvalue weighted by atomic mass is 79.9. The van der Waals surface area contributed by atoms with Crippen LogP contribution in [-0.2, 0) is 11.2 Å². The standard InChI is InChI=1S/C14H19BrFNO/c15-9-3-1-2-4-10-17-14(18)11-12-5-7-13(16)8-6-12/h5-8H,1-4,9-11H2,(H,17,18). The van der Waals surface area contributed by atoms with Gasteiger partial charge in [0.25, 0.3) is 0 Å². The molecule has 0 atom stereocenters. The van der Waals surface area contributed by atoms with Gasteiger partial charge in [-0.3, -0.25) is 4.79 Å². The molecule has 4 heteroatoms. The minimum absolute atomic E-state index is 0.00194. The van der Waals surface area contributed by atoms with Gasteiger partial charge in [-0.1, -0.05) is 40.9 Å². The molecule has 100 valence electrons. The first-order valence-electron chi connectivity index (χ1n) is 6.29. The van der Waals surface area contributed by atoms with Gasteiger partial charge in [0.05, 0.1) is 6.42 Å². The Kier molecular flexibility index (Phi) is 7.65. The average Bonchev–Trinajstić information content (AvgIpc) is 2.36. The summed E-state index contributed by atoms with van der Waals surface area (Å²) in [6.07, 6.45) is 4.86. The number of nitrogens with one attached hydrogen (secondary N) is 1. The lowest BCUT2D eigenvalue weighted by Crippen LogP contribution is -2.26. The Morgan fingerprint density at radius 3 is 2.44 bits per heavy atom. The predicted octanol–water partition coefficient (Wildman–Crippen LogP) is 3.44. The van der Waals surface area contributed by atoms with E-state index >= 15 is 0 Å². The van der Waals surface area contributed by atoms with E-state index in [0.29, 0.717) is 6.42 Å². The van der Waals surface area contributed by atoms with Gasteiger partial charge in [0.1, 0.15) is 5.82 Å². The van der Waals surface area contributed by atoms with Gasteiger partial charge in [-0.05, 0) is 30.5 Å². The van der Waals surface area contributed by atoms with Crippen LogP contribution in [0.15, 0.2) is 24.3 Å². The van der Waals surface area contributed by atoms with Gasteiger partial charge >= 0.3 is 0 Å². The quantitative estimate of drug-likeness (QED) is 0.578. The third kappa shape index (κ3) is 6.74. The van der Waals surface area contributed by atoms with Gasteiger partial charge in [-0.2, -0.15) is 0 Å². The number of amides is 1. The minimum Gasteiger partial charge on any atom is -0.356 e. The molecule has 1 aromatic carbocycles. The van der Waals surface area contributed by atoms with Crippen molar-refractivity contribution in [2.24, 2.45) is 0 Å². The second-order valence-electron chi connectivity index (χ2n) is 4.26. The summed E-state index contributed by atoms with van der Waals surface area (Å²) >= 11 is 3.39. The first-order valence-corrected chi connectivity index (χ1v) is 7.41. The molecule has 1 N–H and O–H groups in total. The van der Waals surface area contributed by atoms with Crippen LogP contribution in [0.25, 0.3) is 0 Å². The van der Waals surface area contributed by atoms with Crippen molar-refractivity contribution in [3.8, 4) is 0 Å². The van der Waals surface area contributed by atoms with Crippen LogP contribution in [0.4, 0.5) is 4.39 Å². The molecule has 0 saturated heterocycles. The van der Waals surface area contributed by atoms with E-state index in [1.807, 2.05) is 0 Å². The SMILES string of the molecule is O=C(Cc1ccc(F)cc1)NCCCCCCBr. The summed E-state index contributed by atoms with van der Waals surface area (Å²) in [5.74, 6) is -0.270. The molecule has 2 nitrogen and oxygen atoms in total. The van der Waals surface area contributed by atoms with Crippen LogP contribution >= 0.6 is 15.9 Å². The number of unbranched alkanes of at least 4 members (excludes halogenated alkanes) is 3. The molecule has 0 aromatic heterocycles. The fourth-order valence-electron chi connectivity index (χ4n) is 1.65. The summed E-state index contributed by atoms with van der Waals surface area (Å²) in [4.78, 5) is 11.6. The van der Waals surface area contributed by atoms with Crippen molar-refractivity contribution in [1.29, 1.82) is 0 Å². The highest BCUT2D eigenvalue weighted by Gasteiger charge is 2.02. The van der Waals surface area contributed by atoms with Crippen LogP contribution in [0.1, 0.15) is 31.2 Å². The Hall–Kier alpha value is -0.900. The molecule has 0 heterocycles. The zero-order valence-electron chi connectivity index (χ0n) is 10.4. The van der Waals surface area contributed by atoms with Gasteiger partial charge in [-0.25, -0.2) is 4.39 Å². The van der Waals surface area contributed by atoms with Crippen molar-refractivity contribution in [1.82, 2.24) is 5.32 Å². The number of halogens is 2. The largest absolute Gasteiger partial charge is 0.356 e. The summed E-state index contributed by atoms with van der Waals surface area (Å²) in [6, 6.07) is 6.04. The molecular weight excluding hydrogens is 297 g/mol. The van der Waals surface area contributed by atoms with E-state index in [1.165, 1.54) is 25.0 Å². The Balaban J connectivity index is 2.12. The number of carbonyl (C=O) groups excluding carboxylic acids is 1. The molecule has 1 amide bonds. The highest BCUT2D eigenvalue weighted by molar-refractivity contribution is 9.09. The third-order valence-electron chi connectivity index (χ3n) is 2.66. The van der Waals surface area contributed by atoms with E-state index in [4.69, 9.17) is 0 Å². The Morgan fingerprint density at radius 1 is 1.11 bits per heavy atom. The zero-order valence-corrected chi connectivity index (χ0v) is 12.0. The normalized spacial score (nSPS) is 10.3. The van der Waals surface area contributed by atoms with Crippen molar-refractivity contribution < 1.29 is 9.18 Å². The number of carbonyl (C=O) groups is 1. The number of hydrogen-bond donors (Lipinski definition) is 1. The molecule has 0 radical (unpaired) electrons. The second kappa shape index (κ2) is 9.09. The molecule has 0 fully saturated rings. The highest BCUT2D eigenvalue weighted by Crippen LogP contribution is 2.04. The predicted molar refractivity (Wildman–Crippen MR) is 75.4 cm³/mol. The smallest absolute Gasteiger partial charge is 0.224 e. The molecule has 0 aliphatic heterocycles. The lowest BCUT2D eigenvalue weighted by molar-refractivity contribution is -0.120. The van der Waals surface area contributed by atoms with Crippen LogP contribution in [0, 0.1) is 5.82 Å². The van der Waals surface area contributed by atoms with Crippen molar-refractivity contribution in [2.45, 2.75) is 32.1 Å². The summed E-state index contributed by atoms with van der Waals surface area (Å²) in [6.45, 7) is 0.725. The number of alkyl halides is 1. The average molecular weight is 316 g/mol. The van der Waals surface area contributed by atoms with Gasteiger partial charge < -0.3 is 5.32 Å². The zero-order chi connectivity index (χ0) is 13.2. The van der Waals surface area contributed by atoms with Crippen LogP contribution in [0.3, 0.4) is 0 Å². The van der Waals surface area contributed by atoms with E-state index in [-0.39, 0.29) is 11.7 Å². The number of hydrogen-bond acceptors (Lipinski definition) is 1. The number of rotatable bonds is 8. The third-order valence-corrected chi connectivity index (χ3v) is 3.22. The van der Waals surface area contributed by atoms with E-state index < -0.39 is 0 Å². The fraction of sp³-hybridized carbons (Fsp3) is 0.500. The summed E-state index contributed by atoms with van der Waals surface area (Å²) < 4.78 is 12.7. The maximum absolute atomic E-state index is 12.7. The maximum atomic E-state index is 12.7. The van der Waals surface area contributed by atoms with Crippen LogP contribution in [-0.4, -0.2) is 17.8 Å². The maximum Gasteiger partial charge on any atom is 0.224 e. The summed E-state index contributed by atoms with van der Waals surface area (Å²) in [5.41, 5.74) is 0.841. The molecule has 0 bridgehead atoms. The van der Waals surface area contributed by atoms with Crippen LogP contribution in [0.5, 0.6) is 0 Å². The topological polar surface area (TPSA) is 29.1 Å². The summed E-state index contributed by atoms with van der Waals surface area (Å²) in [5, 5.41) is 3.92. The Labute approximate surface area is 116 Å². The van der Waals surface area contributed by atoms with Gasteiger partial charge in [-0.15, -0.1) is 0 Å². The Morgan fingerprint density at radius 2 is 1.78 bits per heavy atom. The van der Waals surface area contributed by atoms with Crippen LogP contribution < -0.4 is 5.32 Å². The molecule has 0 aliphatic rings. The van der Waals surface area contributed by atoms with Gasteiger partial charge in [0, 0.05) is 11.9 Å². The van der Waals surface area contributed by atoms with Crippen molar-refractivity contribution in [3.05, 3.63) is 35.6 Å². The van der Waals surface area contributed by atoms with E-state index in [9.17, 15) is 9.18 Å². The van der Waals surface area contributed by atoms with Crippen molar-refractivity contribution >= 4 is 21.8 Å². The molecule has 1 rings (SSSR count). The summed E-state index contributed by atoms with van der Waals surface area (Å²) in [7, 11) is 0. The first-order chi connectivity index (χ1) is 8.72. The van der Waals surface area contributed by atoms with Crippen molar-refractivity contribution in [2.75, 3.05) is 11.9 Å². The molecule has 0 spiro atoms. The van der Waals surface area contributed by atoms with Crippen LogP contribution in [0.2, 0.25) is 0 Å². The minimum atomic E-state index is -0.272. The van der Waals surface area contributed by atoms with Crippen molar-refractivity contribution in [3.63, 3.8) is 0 Å². The second-order valence-corrected chi connectivity index (χ2v) is 5.05. The van der Waals surface area contributed by atoms with Gasteiger partial charge in [0.2, 0.25) is 5.91 Å². The van der Waals surface area contributed by atoms with Gasteiger partial charge in [0.15, 0.2) is 0 Å².